The topological polar surface area (TPSA) is 56.5 Å². The van der Waals surface area contributed by atoms with E-state index < -0.39 is 5.97 Å². The van der Waals surface area contributed by atoms with Crippen molar-refractivity contribution in [1.82, 2.24) is 14.4 Å². The summed E-state index contributed by atoms with van der Waals surface area (Å²) >= 11 is 13.3. The van der Waals surface area contributed by atoms with E-state index in [2.05, 4.69) is 9.97 Å². The van der Waals surface area contributed by atoms with E-state index in [1.807, 2.05) is 12.1 Å². The summed E-state index contributed by atoms with van der Waals surface area (Å²) in [6.45, 7) is 0.0577. The number of fused-ring (bicyclic) bond motifs is 1. The van der Waals surface area contributed by atoms with Crippen molar-refractivity contribution in [2.24, 2.45) is 0 Å². The molecule has 4 aromatic rings. The van der Waals surface area contributed by atoms with Gasteiger partial charge in [-0.15, -0.1) is 11.3 Å². The van der Waals surface area contributed by atoms with E-state index >= 15 is 0 Å². The lowest BCUT2D eigenvalue weighted by Crippen LogP contribution is -2.05. The van der Waals surface area contributed by atoms with Crippen LogP contribution in [-0.4, -0.2) is 20.3 Å². The molecule has 3 aromatic heterocycles. The van der Waals surface area contributed by atoms with Crippen molar-refractivity contribution >= 4 is 46.2 Å². The molecule has 3 heterocycles. The first-order valence-corrected chi connectivity index (χ1v) is 9.24. The fraction of sp³-hybridized carbons (Fsp3) is 0.0556. The van der Waals surface area contributed by atoms with Gasteiger partial charge in [0.2, 0.25) is 0 Å². The normalized spacial score (nSPS) is 11.0. The van der Waals surface area contributed by atoms with Gasteiger partial charge in [-0.3, -0.25) is 0 Å². The summed E-state index contributed by atoms with van der Waals surface area (Å²) in [7, 11) is 0. The monoisotopic (exact) mass is 403 g/mol. The Morgan fingerprint density at radius 2 is 2.00 bits per heavy atom. The van der Waals surface area contributed by atoms with Gasteiger partial charge < -0.3 is 9.14 Å². The molecule has 0 fully saturated rings. The van der Waals surface area contributed by atoms with Gasteiger partial charge in [0.25, 0.3) is 0 Å². The number of benzene rings is 1. The second-order valence-corrected chi connectivity index (χ2v) is 7.20. The minimum Gasteiger partial charge on any atom is -0.454 e. The highest BCUT2D eigenvalue weighted by molar-refractivity contribution is 7.13. The second kappa shape index (κ2) is 7.07. The maximum absolute atomic E-state index is 12.2. The second-order valence-electron chi connectivity index (χ2n) is 5.47. The van der Waals surface area contributed by atoms with Gasteiger partial charge in [-0.1, -0.05) is 35.3 Å². The van der Waals surface area contributed by atoms with Gasteiger partial charge in [0, 0.05) is 28.4 Å². The standard InChI is InChI=1S/C18H11Cl2N3O2S/c19-12-3-1-2-11(6-12)17-22-15(10-26-17)18(24)25-9-14-8-23-7-13(20)4-5-16(23)21-14/h1-8,10H,9H2. The number of ether oxygens (including phenoxy) is 1. The quantitative estimate of drug-likeness (QED) is 0.443. The van der Waals surface area contributed by atoms with Crippen LogP contribution in [0.1, 0.15) is 16.2 Å². The van der Waals surface area contributed by atoms with E-state index in [9.17, 15) is 4.79 Å². The molecule has 0 N–H and O–H groups in total. The van der Waals surface area contributed by atoms with Crippen LogP contribution in [-0.2, 0) is 11.3 Å². The van der Waals surface area contributed by atoms with Gasteiger partial charge in [-0.25, -0.2) is 14.8 Å². The SMILES string of the molecule is O=C(OCc1cn2cc(Cl)ccc2n1)c1csc(-c2cccc(Cl)c2)n1. The molecule has 0 unspecified atom stereocenters. The van der Waals surface area contributed by atoms with Gasteiger partial charge in [0.15, 0.2) is 5.69 Å². The first-order valence-electron chi connectivity index (χ1n) is 7.60. The van der Waals surface area contributed by atoms with Gasteiger partial charge in [0.05, 0.1) is 10.7 Å². The third-order valence-corrected chi connectivity index (χ3v) is 4.95. The molecule has 0 aliphatic carbocycles. The van der Waals surface area contributed by atoms with Crippen molar-refractivity contribution in [3.63, 3.8) is 0 Å². The van der Waals surface area contributed by atoms with Crippen LogP contribution in [0.25, 0.3) is 16.2 Å². The molecule has 130 valence electrons. The molecule has 1 aromatic carbocycles. The van der Waals surface area contributed by atoms with Crippen molar-refractivity contribution in [2.45, 2.75) is 6.61 Å². The zero-order valence-electron chi connectivity index (χ0n) is 13.2. The zero-order valence-corrected chi connectivity index (χ0v) is 15.6. The number of pyridine rings is 1. The summed E-state index contributed by atoms with van der Waals surface area (Å²) in [5, 5.41) is 3.60. The lowest BCUT2D eigenvalue weighted by atomic mass is 10.2. The first-order chi connectivity index (χ1) is 12.6. The Morgan fingerprint density at radius 3 is 2.85 bits per heavy atom. The van der Waals surface area contributed by atoms with Crippen LogP contribution in [0, 0.1) is 0 Å². The summed E-state index contributed by atoms with van der Waals surface area (Å²) < 4.78 is 7.10. The highest BCUT2D eigenvalue weighted by atomic mass is 35.5. The average molecular weight is 404 g/mol. The first kappa shape index (κ1) is 17.0. The highest BCUT2D eigenvalue weighted by Crippen LogP contribution is 2.26. The van der Waals surface area contributed by atoms with E-state index in [4.69, 9.17) is 27.9 Å². The fourth-order valence-corrected chi connectivity index (χ4v) is 3.57. The minimum atomic E-state index is -0.496. The molecule has 0 atom stereocenters. The van der Waals surface area contributed by atoms with E-state index in [1.54, 1.807) is 46.4 Å². The number of rotatable bonds is 4. The smallest absolute Gasteiger partial charge is 0.358 e. The largest absolute Gasteiger partial charge is 0.454 e. The summed E-state index contributed by atoms with van der Waals surface area (Å²) in [6, 6.07) is 10.9. The Morgan fingerprint density at radius 1 is 1.12 bits per heavy atom. The molecule has 0 saturated carbocycles. The number of thiazole rings is 1. The predicted octanol–water partition coefficient (Wildman–Crippen LogP) is 5.12. The van der Waals surface area contributed by atoms with Crippen LogP contribution in [0.15, 0.2) is 54.2 Å². The predicted molar refractivity (Wildman–Crippen MR) is 102 cm³/mol. The molecular weight excluding hydrogens is 393 g/mol. The van der Waals surface area contributed by atoms with Crippen molar-refractivity contribution in [3.8, 4) is 10.6 Å². The molecule has 0 bridgehead atoms. The van der Waals surface area contributed by atoms with E-state index in [-0.39, 0.29) is 12.3 Å². The zero-order chi connectivity index (χ0) is 18.1. The molecule has 26 heavy (non-hydrogen) atoms. The Bertz CT molecular complexity index is 1110. The third kappa shape index (κ3) is 3.58. The van der Waals surface area contributed by atoms with Crippen molar-refractivity contribution in [1.29, 1.82) is 0 Å². The van der Waals surface area contributed by atoms with E-state index in [1.165, 1.54) is 11.3 Å². The molecule has 0 aliphatic rings. The van der Waals surface area contributed by atoms with Crippen molar-refractivity contribution in [3.05, 3.63) is 75.6 Å². The Balaban J connectivity index is 1.46. The van der Waals surface area contributed by atoms with Crippen LogP contribution >= 0.6 is 34.5 Å². The number of carbonyl (C=O) groups excluding carboxylic acids is 1. The number of hydrogen-bond acceptors (Lipinski definition) is 5. The van der Waals surface area contributed by atoms with Crippen LogP contribution in [0.5, 0.6) is 0 Å². The number of imidazole rings is 1. The number of esters is 1. The molecule has 4 rings (SSSR count). The Kier molecular flexibility index (Phi) is 4.63. The van der Waals surface area contributed by atoms with E-state index in [0.29, 0.717) is 20.7 Å². The average Bonchev–Trinajstić information content (AvgIpc) is 3.26. The lowest BCUT2D eigenvalue weighted by molar-refractivity contribution is 0.0462. The molecule has 5 nitrogen and oxygen atoms in total. The van der Waals surface area contributed by atoms with Gasteiger partial charge >= 0.3 is 5.97 Å². The van der Waals surface area contributed by atoms with Gasteiger partial charge in [-0.2, -0.15) is 0 Å². The number of nitrogens with zero attached hydrogens (tertiary/aromatic N) is 3. The molecule has 0 aliphatic heterocycles. The van der Waals surface area contributed by atoms with Crippen LogP contribution in [0.4, 0.5) is 0 Å². The van der Waals surface area contributed by atoms with Crippen LogP contribution < -0.4 is 0 Å². The molecule has 8 heteroatoms. The number of halogens is 2. The molecular formula is C18H11Cl2N3O2S. The molecule has 0 amide bonds. The Labute approximate surface area is 162 Å². The maximum Gasteiger partial charge on any atom is 0.358 e. The highest BCUT2D eigenvalue weighted by Gasteiger charge is 2.14. The van der Waals surface area contributed by atoms with Gasteiger partial charge in [0.1, 0.15) is 17.3 Å². The summed E-state index contributed by atoms with van der Waals surface area (Å²) in [6.07, 6.45) is 3.51. The number of aromatic nitrogens is 3. The van der Waals surface area contributed by atoms with E-state index in [0.717, 1.165) is 11.2 Å². The summed E-state index contributed by atoms with van der Waals surface area (Å²) in [4.78, 5) is 20.9. The fourth-order valence-electron chi connectivity index (χ4n) is 2.42. The lowest BCUT2D eigenvalue weighted by Gasteiger charge is -1.99. The molecule has 0 spiro atoms. The van der Waals surface area contributed by atoms with Gasteiger partial charge in [-0.05, 0) is 24.3 Å². The summed E-state index contributed by atoms with van der Waals surface area (Å²) in [5.41, 5.74) is 2.49. The van der Waals surface area contributed by atoms with Crippen molar-refractivity contribution < 1.29 is 9.53 Å². The van der Waals surface area contributed by atoms with Crippen LogP contribution in [0.3, 0.4) is 0 Å². The molecule has 0 radical (unpaired) electrons. The minimum absolute atomic E-state index is 0.0577. The van der Waals surface area contributed by atoms with Crippen molar-refractivity contribution in [2.75, 3.05) is 0 Å². The number of hydrogen-bond donors (Lipinski definition) is 0. The van der Waals surface area contributed by atoms with Crippen LogP contribution in [0.2, 0.25) is 10.0 Å². The Hall–Kier alpha value is -2.41. The third-order valence-electron chi connectivity index (χ3n) is 3.60. The summed E-state index contributed by atoms with van der Waals surface area (Å²) in [5.74, 6) is -0.496. The number of carbonyl (C=O) groups is 1. The maximum atomic E-state index is 12.2. The molecule has 0 saturated heterocycles.